The molecule has 2 aliphatic heterocycles. The maximum atomic E-state index is 12.3. The number of carbonyl (C=O) groups is 4. The Labute approximate surface area is 151 Å². The molecule has 1 saturated heterocycles. The normalized spacial score (nSPS) is 19.5. The number of imide groups is 1. The molecular formula is C19H22N2O5. The summed E-state index contributed by atoms with van der Waals surface area (Å²) in [5.41, 5.74) is 0.556. The van der Waals surface area contributed by atoms with Crippen molar-refractivity contribution >= 4 is 23.7 Å². The highest BCUT2D eigenvalue weighted by Gasteiger charge is 2.36. The van der Waals surface area contributed by atoms with Crippen molar-refractivity contribution in [3.8, 4) is 0 Å². The molecule has 138 valence electrons. The molecule has 1 atom stereocenters. The average molecular weight is 358 g/mol. The molecule has 0 saturated carbocycles. The Morgan fingerprint density at radius 2 is 1.77 bits per heavy atom. The van der Waals surface area contributed by atoms with Crippen LogP contribution >= 0.6 is 0 Å². The second-order valence-electron chi connectivity index (χ2n) is 6.55. The van der Waals surface area contributed by atoms with Crippen molar-refractivity contribution in [3.05, 3.63) is 35.4 Å². The average Bonchev–Trinajstić information content (AvgIpc) is 2.91. The summed E-state index contributed by atoms with van der Waals surface area (Å²) < 4.78 is 5.03. The minimum Gasteiger partial charge on any atom is -0.454 e. The van der Waals surface area contributed by atoms with Gasteiger partial charge in [0, 0.05) is 12.6 Å². The minimum absolute atomic E-state index is 0.186. The number of hydrogen-bond donors (Lipinski definition) is 0. The summed E-state index contributed by atoms with van der Waals surface area (Å²) in [5, 5.41) is 0. The van der Waals surface area contributed by atoms with Crippen molar-refractivity contribution in [3.63, 3.8) is 0 Å². The SMILES string of the molecule is CC[C@H]1CCCCN1C(=O)COC(=O)CN1C(=O)c2ccccc2C1=O. The lowest BCUT2D eigenvalue weighted by Gasteiger charge is -2.35. The van der Waals surface area contributed by atoms with Crippen LogP contribution in [0.15, 0.2) is 24.3 Å². The second-order valence-corrected chi connectivity index (χ2v) is 6.55. The lowest BCUT2D eigenvalue weighted by molar-refractivity contribution is -0.153. The van der Waals surface area contributed by atoms with Crippen LogP contribution in [0.3, 0.4) is 0 Å². The Morgan fingerprint density at radius 3 is 2.38 bits per heavy atom. The predicted octanol–water partition coefficient (Wildman–Crippen LogP) is 1.62. The van der Waals surface area contributed by atoms with Crippen molar-refractivity contribution in [2.45, 2.75) is 38.6 Å². The third-order valence-corrected chi connectivity index (χ3v) is 4.94. The fourth-order valence-electron chi connectivity index (χ4n) is 3.54. The van der Waals surface area contributed by atoms with Crippen LogP contribution in [-0.2, 0) is 14.3 Å². The highest BCUT2D eigenvalue weighted by atomic mass is 16.5. The highest BCUT2D eigenvalue weighted by Crippen LogP contribution is 2.22. The van der Waals surface area contributed by atoms with Gasteiger partial charge in [0.1, 0.15) is 6.54 Å². The van der Waals surface area contributed by atoms with E-state index in [-0.39, 0.29) is 29.7 Å². The molecule has 26 heavy (non-hydrogen) atoms. The third-order valence-electron chi connectivity index (χ3n) is 4.94. The zero-order valence-corrected chi connectivity index (χ0v) is 14.8. The first-order chi connectivity index (χ1) is 12.5. The highest BCUT2D eigenvalue weighted by molar-refractivity contribution is 6.22. The van der Waals surface area contributed by atoms with Gasteiger partial charge in [-0.3, -0.25) is 24.1 Å². The van der Waals surface area contributed by atoms with Gasteiger partial charge in [-0.25, -0.2) is 0 Å². The predicted molar refractivity (Wildman–Crippen MR) is 92.4 cm³/mol. The number of benzene rings is 1. The smallest absolute Gasteiger partial charge is 0.326 e. The van der Waals surface area contributed by atoms with E-state index in [4.69, 9.17) is 4.74 Å². The summed E-state index contributed by atoms with van der Waals surface area (Å²) in [4.78, 5) is 51.4. The van der Waals surface area contributed by atoms with E-state index in [1.165, 1.54) is 0 Å². The molecule has 0 bridgehead atoms. The van der Waals surface area contributed by atoms with E-state index in [9.17, 15) is 19.2 Å². The fraction of sp³-hybridized carbons (Fsp3) is 0.474. The molecule has 7 heteroatoms. The van der Waals surface area contributed by atoms with Gasteiger partial charge in [0.25, 0.3) is 17.7 Å². The third kappa shape index (κ3) is 3.47. The molecule has 0 unspecified atom stereocenters. The molecule has 0 aliphatic carbocycles. The van der Waals surface area contributed by atoms with Crippen LogP contribution < -0.4 is 0 Å². The molecule has 1 fully saturated rings. The van der Waals surface area contributed by atoms with Gasteiger partial charge in [-0.05, 0) is 37.8 Å². The molecule has 3 rings (SSSR count). The molecule has 7 nitrogen and oxygen atoms in total. The summed E-state index contributed by atoms with van der Waals surface area (Å²) in [6.45, 7) is 1.85. The van der Waals surface area contributed by atoms with Crippen LogP contribution in [0.5, 0.6) is 0 Å². The Bertz CT molecular complexity index is 710. The van der Waals surface area contributed by atoms with Gasteiger partial charge in [0.15, 0.2) is 6.61 Å². The first kappa shape index (κ1) is 18.1. The van der Waals surface area contributed by atoms with Crippen LogP contribution in [-0.4, -0.2) is 59.2 Å². The summed E-state index contributed by atoms with van der Waals surface area (Å²) in [6, 6.07) is 6.60. The maximum Gasteiger partial charge on any atom is 0.326 e. The molecule has 0 spiro atoms. The van der Waals surface area contributed by atoms with Gasteiger partial charge < -0.3 is 9.64 Å². The zero-order valence-electron chi connectivity index (χ0n) is 14.8. The van der Waals surface area contributed by atoms with Gasteiger partial charge in [-0.1, -0.05) is 19.1 Å². The van der Waals surface area contributed by atoms with E-state index in [0.29, 0.717) is 6.54 Å². The summed E-state index contributed by atoms with van der Waals surface area (Å²) in [6.07, 6.45) is 3.88. The number of ether oxygens (including phenoxy) is 1. The van der Waals surface area contributed by atoms with Gasteiger partial charge in [-0.15, -0.1) is 0 Å². The topological polar surface area (TPSA) is 84.0 Å². The number of likely N-dealkylation sites (tertiary alicyclic amines) is 1. The Hall–Kier alpha value is -2.70. The summed E-state index contributed by atoms with van der Waals surface area (Å²) in [7, 11) is 0. The lowest BCUT2D eigenvalue weighted by Crippen LogP contribution is -2.45. The molecule has 0 radical (unpaired) electrons. The van der Waals surface area contributed by atoms with Crippen LogP contribution in [0.1, 0.15) is 53.3 Å². The van der Waals surface area contributed by atoms with E-state index in [2.05, 4.69) is 0 Å². The van der Waals surface area contributed by atoms with Crippen molar-refractivity contribution in [2.75, 3.05) is 19.7 Å². The van der Waals surface area contributed by atoms with Gasteiger partial charge in [-0.2, -0.15) is 0 Å². The Balaban J connectivity index is 1.54. The summed E-state index contributed by atoms with van der Waals surface area (Å²) in [5.74, 6) is -2.03. The van der Waals surface area contributed by atoms with E-state index >= 15 is 0 Å². The van der Waals surface area contributed by atoms with Crippen molar-refractivity contribution in [2.24, 2.45) is 0 Å². The molecular weight excluding hydrogens is 336 g/mol. The van der Waals surface area contributed by atoms with E-state index in [0.717, 1.165) is 30.6 Å². The maximum absolute atomic E-state index is 12.3. The quantitative estimate of drug-likeness (QED) is 0.590. The van der Waals surface area contributed by atoms with Crippen LogP contribution in [0.2, 0.25) is 0 Å². The first-order valence-corrected chi connectivity index (χ1v) is 8.93. The first-order valence-electron chi connectivity index (χ1n) is 8.93. The minimum atomic E-state index is -0.766. The van der Waals surface area contributed by atoms with Crippen molar-refractivity contribution < 1.29 is 23.9 Å². The fourth-order valence-corrected chi connectivity index (χ4v) is 3.54. The van der Waals surface area contributed by atoms with Crippen LogP contribution in [0, 0.1) is 0 Å². The number of nitrogens with zero attached hydrogens (tertiary/aromatic N) is 2. The summed E-state index contributed by atoms with van der Waals surface area (Å²) >= 11 is 0. The van der Waals surface area contributed by atoms with Crippen LogP contribution in [0.4, 0.5) is 0 Å². The van der Waals surface area contributed by atoms with E-state index < -0.39 is 24.3 Å². The van der Waals surface area contributed by atoms with Gasteiger partial charge in [0.05, 0.1) is 11.1 Å². The van der Waals surface area contributed by atoms with Gasteiger partial charge in [0.2, 0.25) is 0 Å². The van der Waals surface area contributed by atoms with Gasteiger partial charge >= 0.3 is 5.97 Å². The molecule has 0 aromatic heterocycles. The molecule has 0 N–H and O–H groups in total. The molecule has 3 amide bonds. The number of piperidine rings is 1. The number of rotatable bonds is 5. The number of amides is 3. The number of carbonyl (C=O) groups excluding carboxylic acids is 4. The number of esters is 1. The second kappa shape index (κ2) is 7.68. The number of fused-ring (bicyclic) bond motifs is 1. The Kier molecular flexibility index (Phi) is 5.35. The van der Waals surface area contributed by atoms with E-state index in [1.54, 1.807) is 29.2 Å². The molecule has 1 aromatic rings. The van der Waals surface area contributed by atoms with Crippen molar-refractivity contribution in [1.82, 2.24) is 9.80 Å². The molecule has 2 aliphatic rings. The van der Waals surface area contributed by atoms with Crippen LogP contribution in [0.25, 0.3) is 0 Å². The largest absolute Gasteiger partial charge is 0.454 e. The van der Waals surface area contributed by atoms with Crippen molar-refractivity contribution in [1.29, 1.82) is 0 Å². The van der Waals surface area contributed by atoms with E-state index in [1.807, 2.05) is 6.92 Å². The molecule has 2 heterocycles. The number of hydrogen-bond acceptors (Lipinski definition) is 5. The monoisotopic (exact) mass is 358 g/mol. The Morgan fingerprint density at radius 1 is 1.12 bits per heavy atom. The lowest BCUT2D eigenvalue weighted by atomic mass is 10.00. The molecule has 1 aromatic carbocycles. The standard InChI is InChI=1S/C19H22N2O5/c1-2-13-7-5-6-10-20(13)16(22)12-26-17(23)11-21-18(24)14-8-3-4-9-15(14)19(21)25/h3-4,8-9,13H,2,5-7,10-12H2,1H3/t13-/m0/s1. The zero-order chi connectivity index (χ0) is 18.7.